The maximum Gasteiger partial charge on any atom is 0.271 e. The normalized spacial score (nSPS) is 10.2. The zero-order valence-corrected chi connectivity index (χ0v) is 13.9. The first kappa shape index (κ1) is 17.7. The van der Waals surface area contributed by atoms with E-state index >= 15 is 0 Å². The van der Waals surface area contributed by atoms with Gasteiger partial charge in [0, 0.05) is 20.2 Å². The molecular weight excluding hydrogens is 308 g/mol. The fourth-order valence-corrected chi connectivity index (χ4v) is 2.03. The van der Waals surface area contributed by atoms with Gasteiger partial charge in [0.1, 0.15) is 11.6 Å². The van der Waals surface area contributed by atoms with Crippen LogP contribution in [0.3, 0.4) is 0 Å². The number of nitrogens with zero attached hydrogens (tertiary/aromatic N) is 2. The number of ether oxygens (including phenoxy) is 2. The minimum absolute atomic E-state index is 0.260. The predicted octanol–water partition coefficient (Wildman–Crippen LogP) is 1.52. The predicted molar refractivity (Wildman–Crippen MR) is 91.4 cm³/mol. The van der Waals surface area contributed by atoms with Crippen LogP contribution < -0.4 is 15.4 Å². The Morgan fingerprint density at radius 3 is 2.46 bits per heavy atom. The highest BCUT2D eigenvalue weighted by atomic mass is 16.5. The van der Waals surface area contributed by atoms with Crippen LogP contribution in [-0.4, -0.2) is 50.0 Å². The van der Waals surface area contributed by atoms with E-state index in [1.54, 1.807) is 26.4 Å². The first-order valence-corrected chi connectivity index (χ1v) is 7.70. The molecule has 1 heterocycles. The summed E-state index contributed by atoms with van der Waals surface area (Å²) in [5.41, 5.74) is 1.48. The maximum absolute atomic E-state index is 11.8. The maximum atomic E-state index is 11.8. The van der Waals surface area contributed by atoms with Gasteiger partial charge < -0.3 is 20.1 Å². The SMILES string of the molecule is COCCNC(=O)c1ccc(NCCc2ccc(OC)cc2)nn1. The van der Waals surface area contributed by atoms with Crippen molar-refractivity contribution in [3.8, 4) is 5.75 Å². The molecule has 0 saturated carbocycles. The van der Waals surface area contributed by atoms with Crippen molar-refractivity contribution in [3.63, 3.8) is 0 Å². The fourth-order valence-electron chi connectivity index (χ4n) is 2.03. The number of carbonyl (C=O) groups is 1. The number of anilines is 1. The van der Waals surface area contributed by atoms with E-state index < -0.39 is 0 Å². The van der Waals surface area contributed by atoms with Gasteiger partial charge in [0.05, 0.1) is 13.7 Å². The molecule has 0 saturated heterocycles. The van der Waals surface area contributed by atoms with Gasteiger partial charge >= 0.3 is 0 Å². The number of rotatable bonds is 9. The molecule has 0 aliphatic heterocycles. The van der Waals surface area contributed by atoms with E-state index in [1.165, 1.54) is 5.56 Å². The molecule has 7 heteroatoms. The molecule has 1 aromatic carbocycles. The monoisotopic (exact) mass is 330 g/mol. The quantitative estimate of drug-likeness (QED) is 0.678. The van der Waals surface area contributed by atoms with Crippen LogP contribution in [0.2, 0.25) is 0 Å². The number of nitrogens with one attached hydrogen (secondary N) is 2. The molecule has 128 valence electrons. The third-order valence-corrected chi connectivity index (χ3v) is 3.37. The van der Waals surface area contributed by atoms with E-state index in [0.29, 0.717) is 19.0 Å². The third kappa shape index (κ3) is 5.51. The van der Waals surface area contributed by atoms with Crippen LogP contribution >= 0.6 is 0 Å². The van der Waals surface area contributed by atoms with Crippen molar-refractivity contribution in [2.45, 2.75) is 6.42 Å². The molecule has 0 radical (unpaired) electrons. The van der Waals surface area contributed by atoms with E-state index in [2.05, 4.69) is 20.8 Å². The van der Waals surface area contributed by atoms with Gasteiger partial charge in [-0.15, -0.1) is 10.2 Å². The smallest absolute Gasteiger partial charge is 0.271 e. The fraction of sp³-hybridized carbons (Fsp3) is 0.353. The minimum atomic E-state index is -0.260. The number of carbonyl (C=O) groups excluding carboxylic acids is 1. The largest absolute Gasteiger partial charge is 0.497 e. The Labute approximate surface area is 141 Å². The Balaban J connectivity index is 1.77. The molecule has 0 atom stereocenters. The summed E-state index contributed by atoms with van der Waals surface area (Å²) in [5, 5.41) is 13.8. The average molecular weight is 330 g/mol. The molecule has 0 fully saturated rings. The van der Waals surface area contributed by atoms with Crippen LogP contribution in [0.25, 0.3) is 0 Å². The molecule has 0 spiro atoms. The summed E-state index contributed by atoms with van der Waals surface area (Å²) in [4.78, 5) is 11.8. The summed E-state index contributed by atoms with van der Waals surface area (Å²) in [6, 6.07) is 11.3. The van der Waals surface area contributed by atoms with Crippen molar-refractivity contribution in [2.24, 2.45) is 0 Å². The van der Waals surface area contributed by atoms with Crippen molar-refractivity contribution >= 4 is 11.7 Å². The molecule has 0 bridgehead atoms. The number of aromatic nitrogens is 2. The highest BCUT2D eigenvalue weighted by Crippen LogP contribution is 2.11. The van der Waals surface area contributed by atoms with E-state index in [1.807, 2.05) is 24.3 Å². The summed E-state index contributed by atoms with van der Waals surface area (Å²) in [6.07, 6.45) is 0.852. The molecular formula is C17H22N4O3. The molecule has 2 aromatic rings. The van der Waals surface area contributed by atoms with Gasteiger partial charge in [0.15, 0.2) is 5.69 Å². The highest BCUT2D eigenvalue weighted by Gasteiger charge is 2.07. The van der Waals surface area contributed by atoms with Crippen LogP contribution in [0.1, 0.15) is 16.1 Å². The number of amides is 1. The standard InChI is InChI=1S/C17H22N4O3/c1-23-12-11-19-17(22)15-7-8-16(21-20-15)18-10-9-13-3-5-14(24-2)6-4-13/h3-8H,9-12H2,1-2H3,(H,18,21)(H,19,22). The van der Waals surface area contributed by atoms with Gasteiger partial charge in [0.25, 0.3) is 5.91 Å². The molecule has 1 amide bonds. The number of hydrogen-bond donors (Lipinski definition) is 2. The third-order valence-electron chi connectivity index (χ3n) is 3.37. The molecule has 24 heavy (non-hydrogen) atoms. The lowest BCUT2D eigenvalue weighted by Gasteiger charge is -2.07. The summed E-state index contributed by atoms with van der Waals surface area (Å²) in [6.45, 7) is 1.63. The Morgan fingerprint density at radius 1 is 1.04 bits per heavy atom. The van der Waals surface area contributed by atoms with Crippen LogP contribution in [0.4, 0.5) is 5.82 Å². The molecule has 2 rings (SSSR count). The van der Waals surface area contributed by atoms with E-state index in [4.69, 9.17) is 9.47 Å². The van der Waals surface area contributed by atoms with Crippen molar-refractivity contribution in [3.05, 3.63) is 47.7 Å². The van der Waals surface area contributed by atoms with E-state index in [0.717, 1.165) is 18.7 Å². The molecule has 1 aromatic heterocycles. The topological polar surface area (TPSA) is 85.4 Å². The second-order valence-electron chi connectivity index (χ2n) is 5.08. The number of hydrogen-bond acceptors (Lipinski definition) is 6. The second-order valence-corrected chi connectivity index (χ2v) is 5.08. The van der Waals surface area contributed by atoms with Crippen LogP contribution in [0.15, 0.2) is 36.4 Å². The molecule has 7 nitrogen and oxygen atoms in total. The second kappa shape index (κ2) is 9.46. The lowest BCUT2D eigenvalue weighted by molar-refractivity contribution is 0.0931. The van der Waals surface area contributed by atoms with Gasteiger partial charge in [-0.25, -0.2) is 0 Å². The lowest BCUT2D eigenvalue weighted by atomic mass is 10.1. The van der Waals surface area contributed by atoms with Gasteiger partial charge in [-0.2, -0.15) is 0 Å². The van der Waals surface area contributed by atoms with Crippen LogP contribution in [0.5, 0.6) is 5.75 Å². The Kier molecular flexibility index (Phi) is 6.97. The highest BCUT2D eigenvalue weighted by molar-refractivity contribution is 5.92. The minimum Gasteiger partial charge on any atom is -0.497 e. The zero-order chi connectivity index (χ0) is 17.2. The average Bonchev–Trinajstić information content (AvgIpc) is 2.63. The Bertz CT molecular complexity index is 629. The first-order valence-electron chi connectivity index (χ1n) is 7.70. The van der Waals surface area contributed by atoms with Gasteiger partial charge in [-0.05, 0) is 36.2 Å². The van der Waals surface area contributed by atoms with Crippen LogP contribution in [0, 0.1) is 0 Å². The molecule has 0 aliphatic carbocycles. The molecule has 0 aliphatic rings. The number of methoxy groups -OCH3 is 2. The van der Waals surface area contributed by atoms with Crippen molar-refractivity contribution in [1.82, 2.24) is 15.5 Å². The van der Waals surface area contributed by atoms with Crippen LogP contribution in [-0.2, 0) is 11.2 Å². The summed E-state index contributed by atoms with van der Waals surface area (Å²) in [5.74, 6) is 1.22. The van der Waals surface area contributed by atoms with Gasteiger partial charge in [-0.1, -0.05) is 12.1 Å². The number of benzene rings is 1. The van der Waals surface area contributed by atoms with Crippen molar-refractivity contribution in [1.29, 1.82) is 0 Å². The first-order chi connectivity index (χ1) is 11.7. The Hall–Kier alpha value is -2.67. The summed E-state index contributed by atoms with van der Waals surface area (Å²) < 4.78 is 10.0. The lowest BCUT2D eigenvalue weighted by Crippen LogP contribution is -2.28. The van der Waals surface area contributed by atoms with Gasteiger partial charge in [-0.3, -0.25) is 4.79 Å². The molecule has 0 unspecified atom stereocenters. The molecule has 2 N–H and O–H groups in total. The van der Waals surface area contributed by atoms with E-state index in [9.17, 15) is 4.79 Å². The summed E-state index contributed by atoms with van der Waals surface area (Å²) in [7, 11) is 3.23. The van der Waals surface area contributed by atoms with Gasteiger partial charge in [0.2, 0.25) is 0 Å². The Morgan fingerprint density at radius 2 is 1.83 bits per heavy atom. The van der Waals surface area contributed by atoms with E-state index in [-0.39, 0.29) is 11.6 Å². The zero-order valence-electron chi connectivity index (χ0n) is 13.9. The van der Waals surface area contributed by atoms with Crippen molar-refractivity contribution < 1.29 is 14.3 Å². The van der Waals surface area contributed by atoms with Crippen molar-refractivity contribution in [2.75, 3.05) is 39.2 Å². The summed E-state index contributed by atoms with van der Waals surface area (Å²) >= 11 is 0.